The molecule has 0 spiro atoms. The van der Waals surface area contributed by atoms with E-state index >= 15 is 0 Å². The van der Waals surface area contributed by atoms with E-state index in [0.29, 0.717) is 24.7 Å². The monoisotopic (exact) mass is 449 g/mol. The summed E-state index contributed by atoms with van der Waals surface area (Å²) in [6, 6.07) is 3.73. The first kappa shape index (κ1) is 22.3. The van der Waals surface area contributed by atoms with E-state index in [2.05, 4.69) is 5.32 Å². The van der Waals surface area contributed by atoms with Crippen LogP contribution in [0.2, 0.25) is 5.82 Å². The van der Waals surface area contributed by atoms with E-state index in [0.717, 1.165) is 18.4 Å². The first-order chi connectivity index (χ1) is 14.6. The molecule has 4 rings (SSSR count). The van der Waals surface area contributed by atoms with Crippen molar-refractivity contribution < 1.29 is 33.8 Å². The Bertz CT molecular complexity index is 868. The van der Waals surface area contributed by atoms with E-state index in [-0.39, 0.29) is 34.2 Å². The van der Waals surface area contributed by atoms with Crippen LogP contribution in [0.5, 0.6) is 5.75 Å². The molecule has 1 amide bonds. The number of carboxylic acid groups (broad SMARTS) is 1. The lowest BCUT2D eigenvalue weighted by Gasteiger charge is -2.27. The molecule has 1 aliphatic carbocycles. The van der Waals surface area contributed by atoms with Crippen LogP contribution in [0, 0.1) is 5.92 Å². The average Bonchev–Trinajstić information content (AvgIpc) is 3.30. The van der Waals surface area contributed by atoms with Gasteiger partial charge in [0.25, 0.3) is 0 Å². The molecule has 1 unspecified atom stereocenters. The highest BCUT2D eigenvalue weighted by Gasteiger charge is 2.54. The first-order valence-corrected chi connectivity index (χ1v) is 11.5. The highest BCUT2D eigenvalue weighted by atomic mass is 32.2. The Labute approximate surface area is 186 Å². The lowest BCUT2D eigenvalue weighted by atomic mass is 9.77. The number of carbonyl (C=O) groups excluding carboxylic acids is 1. The number of carbonyl (C=O) groups is 2. The molecule has 4 atom stereocenters. The maximum atomic E-state index is 12.2. The summed E-state index contributed by atoms with van der Waals surface area (Å²) >= 11 is 1.40. The number of amides is 1. The van der Waals surface area contributed by atoms with E-state index in [1.807, 2.05) is 12.1 Å². The maximum Gasteiger partial charge on any atom is 0.526 e. The molecule has 3 aliphatic rings. The lowest BCUT2D eigenvalue weighted by molar-refractivity contribution is 0.0524. The molecule has 2 fully saturated rings. The molecule has 10 heteroatoms. The summed E-state index contributed by atoms with van der Waals surface area (Å²) in [5.41, 5.74) is 0.328. The van der Waals surface area contributed by atoms with Gasteiger partial charge in [-0.15, -0.1) is 11.8 Å². The van der Waals surface area contributed by atoms with E-state index < -0.39 is 24.8 Å². The Morgan fingerprint density at radius 1 is 1.39 bits per heavy atom. The van der Waals surface area contributed by atoms with Gasteiger partial charge in [0.2, 0.25) is 0 Å². The number of carboxylic acids is 1. The number of benzene rings is 1. The van der Waals surface area contributed by atoms with Crippen molar-refractivity contribution in [3.8, 4) is 5.75 Å². The Balaban J connectivity index is 1.56. The zero-order valence-electron chi connectivity index (χ0n) is 17.9. The van der Waals surface area contributed by atoms with Crippen molar-refractivity contribution >= 4 is 30.9 Å². The fourth-order valence-electron chi connectivity index (χ4n) is 4.21. The van der Waals surface area contributed by atoms with Gasteiger partial charge in [0, 0.05) is 29.1 Å². The highest BCUT2D eigenvalue weighted by molar-refractivity contribution is 8.00. The largest absolute Gasteiger partial charge is 0.535 e. The molecular formula is C21H28BNO7S. The fraction of sp³-hybridized carbons (Fsp3) is 0.619. The number of ether oxygens (including phenoxy) is 2. The molecule has 0 bridgehead atoms. The third kappa shape index (κ3) is 4.96. The molecule has 0 aromatic heterocycles. The van der Waals surface area contributed by atoms with Gasteiger partial charge in [-0.1, -0.05) is 6.07 Å². The summed E-state index contributed by atoms with van der Waals surface area (Å²) in [5.74, 6) is -0.452. The van der Waals surface area contributed by atoms with Crippen LogP contribution in [-0.2, 0) is 9.47 Å². The predicted molar refractivity (Wildman–Crippen MR) is 116 cm³/mol. The van der Waals surface area contributed by atoms with Gasteiger partial charge in [-0.3, -0.25) is 0 Å². The quantitative estimate of drug-likeness (QED) is 0.449. The van der Waals surface area contributed by atoms with E-state index in [9.17, 15) is 19.7 Å². The second-order valence-corrected chi connectivity index (χ2v) is 10.6. The molecule has 3 N–H and O–H groups in total. The van der Waals surface area contributed by atoms with Gasteiger partial charge in [-0.05, 0) is 57.1 Å². The Morgan fingerprint density at radius 3 is 2.81 bits per heavy atom. The molecule has 1 saturated heterocycles. The molecule has 2 aliphatic heterocycles. The second kappa shape index (κ2) is 8.56. The first-order valence-electron chi connectivity index (χ1n) is 10.6. The molecule has 2 heterocycles. The zero-order chi connectivity index (χ0) is 22.3. The van der Waals surface area contributed by atoms with Crippen molar-refractivity contribution in [1.82, 2.24) is 5.32 Å². The fourth-order valence-corrected chi connectivity index (χ4v) is 5.55. The van der Waals surface area contributed by atoms with Crippen LogP contribution in [0.1, 0.15) is 55.5 Å². The van der Waals surface area contributed by atoms with Crippen LogP contribution in [0.3, 0.4) is 0 Å². The standard InChI is InChI=1S/C21H28BNO7S/c1-21(2,3)29-20(26)23-9-16(11-6-7-28-10-11)31-15-5-4-12-13-8-14(13)22(27)30-18(12)17(15)19(24)25/h4-5,11,13-14,16,27H,6-10H2,1-3H3,(H,23,26)(H,24,25)/t11?,13-,14-,16+/m1/s1. The minimum absolute atomic E-state index is 0.0501. The highest BCUT2D eigenvalue weighted by Crippen LogP contribution is 2.60. The van der Waals surface area contributed by atoms with Crippen LogP contribution >= 0.6 is 11.8 Å². The summed E-state index contributed by atoms with van der Waals surface area (Å²) in [5, 5.41) is 22.8. The van der Waals surface area contributed by atoms with E-state index in [1.165, 1.54) is 11.8 Å². The number of hydrogen-bond acceptors (Lipinski definition) is 7. The SMILES string of the molecule is CC(C)(C)OC(=O)NC[C@H](Sc1ccc2c(c1C(=O)O)OB(O)[C@@H]1C[C@H]21)C1CCOC1. The van der Waals surface area contributed by atoms with Crippen LogP contribution < -0.4 is 9.97 Å². The summed E-state index contributed by atoms with van der Waals surface area (Å²) in [7, 11) is -0.969. The van der Waals surface area contributed by atoms with Gasteiger partial charge in [0.15, 0.2) is 0 Å². The van der Waals surface area contributed by atoms with Crippen molar-refractivity contribution in [2.45, 2.75) is 61.1 Å². The Morgan fingerprint density at radius 2 is 2.16 bits per heavy atom. The number of rotatable bonds is 6. The van der Waals surface area contributed by atoms with E-state index in [1.54, 1.807) is 20.8 Å². The lowest BCUT2D eigenvalue weighted by Crippen LogP contribution is -2.38. The molecule has 168 valence electrons. The summed E-state index contributed by atoms with van der Waals surface area (Å²) in [6.45, 7) is 6.92. The third-order valence-electron chi connectivity index (χ3n) is 5.82. The minimum Gasteiger partial charge on any atom is -0.535 e. The van der Waals surface area contributed by atoms with Crippen molar-refractivity contribution in [3.63, 3.8) is 0 Å². The van der Waals surface area contributed by atoms with Crippen LogP contribution in [-0.4, -0.2) is 59.9 Å². The van der Waals surface area contributed by atoms with Crippen LogP contribution in [0.25, 0.3) is 0 Å². The van der Waals surface area contributed by atoms with Crippen molar-refractivity contribution in [2.75, 3.05) is 19.8 Å². The molecule has 1 saturated carbocycles. The normalized spacial score (nSPS) is 25.2. The molecule has 1 aromatic carbocycles. The molecule has 8 nitrogen and oxygen atoms in total. The number of nitrogens with one attached hydrogen (secondary N) is 1. The van der Waals surface area contributed by atoms with Crippen molar-refractivity contribution in [3.05, 3.63) is 23.3 Å². The van der Waals surface area contributed by atoms with Crippen LogP contribution in [0.4, 0.5) is 4.79 Å². The van der Waals surface area contributed by atoms with Crippen molar-refractivity contribution in [1.29, 1.82) is 0 Å². The summed E-state index contributed by atoms with van der Waals surface area (Å²) in [4.78, 5) is 24.9. The van der Waals surface area contributed by atoms with Gasteiger partial charge < -0.3 is 29.6 Å². The van der Waals surface area contributed by atoms with Gasteiger partial charge in [-0.25, -0.2) is 9.59 Å². The van der Waals surface area contributed by atoms with Gasteiger partial charge >= 0.3 is 19.2 Å². The van der Waals surface area contributed by atoms with E-state index in [4.69, 9.17) is 14.1 Å². The second-order valence-electron chi connectivity index (χ2n) is 9.34. The number of thioether (sulfide) groups is 1. The topological polar surface area (TPSA) is 114 Å². The zero-order valence-corrected chi connectivity index (χ0v) is 18.7. The predicted octanol–water partition coefficient (Wildman–Crippen LogP) is 3.14. The molecule has 0 radical (unpaired) electrons. The van der Waals surface area contributed by atoms with Crippen molar-refractivity contribution in [2.24, 2.45) is 5.92 Å². The smallest absolute Gasteiger partial charge is 0.526 e. The summed E-state index contributed by atoms with van der Waals surface area (Å²) < 4.78 is 16.5. The Kier molecular flexibility index (Phi) is 6.15. The average molecular weight is 449 g/mol. The summed E-state index contributed by atoms with van der Waals surface area (Å²) in [6.07, 6.45) is 1.13. The molecule has 31 heavy (non-hydrogen) atoms. The molecular weight excluding hydrogens is 421 g/mol. The maximum absolute atomic E-state index is 12.2. The van der Waals surface area contributed by atoms with Crippen LogP contribution in [0.15, 0.2) is 17.0 Å². The number of alkyl carbamates (subject to hydrolysis) is 1. The number of aromatic carboxylic acids is 1. The third-order valence-corrected chi connectivity index (χ3v) is 7.27. The Hall–Kier alpha value is -1.91. The minimum atomic E-state index is -1.09. The van der Waals surface area contributed by atoms with Gasteiger partial charge in [0.1, 0.15) is 16.9 Å². The molecule has 1 aromatic rings. The number of fused-ring (bicyclic) bond motifs is 3. The number of hydrogen-bond donors (Lipinski definition) is 3. The van der Waals surface area contributed by atoms with Gasteiger partial charge in [-0.2, -0.15) is 0 Å². The van der Waals surface area contributed by atoms with Gasteiger partial charge in [0.05, 0.1) is 6.61 Å².